The Labute approximate surface area is 180 Å². The number of nitrogens with zero attached hydrogens (tertiary/aromatic N) is 2. The van der Waals surface area contributed by atoms with Gasteiger partial charge in [-0.2, -0.15) is 0 Å². The molecule has 2 aromatic carbocycles. The van der Waals surface area contributed by atoms with Crippen molar-refractivity contribution in [2.45, 2.75) is 31.8 Å². The second-order valence-electron chi connectivity index (χ2n) is 7.51. The Kier molecular flexibility index (Phi) is 6.44. The van der Waals surface area contributed by atoms with Gasteiger partial charge in [-0.3, -0.25) is 9.89 Å². The maximum atomic E-state index is 9.60. The van der Waals surface area contributed by atoms with Gasteiger partial charge in [-0.15, -0.1) is 0 Å². The standard InChI is InChI=1S/C23H26IN3O/c24-20-7-6-18-12-25-13-19(23(18)11-20)14-26-21-8-4-17(5-9-21)15-27-10-2-1-3-22(27)16-28/h4-9,11-12,14,22,26,28H,1-3,10,13,15-16H2/b19-14+. The minimum atomic E-state index is 0.260. The van der Waals surface area contributed by atoms with Gasteiger partial charge in [0.15, 0.2) is 0 Å². The van der Waals surface area contributed by atoms with Crippen LogP contribution in [0, 0.1) is 3.57 Å². The Balaban J connectivity index is 1.42. The topological polar surface area (TPSA) is 47.9 Å². The van der Waals surface area contributed by atoms with Gasteiger partial charge >= 0.3 is 0 Å². The number of aliphatic hydroxyl groups is 1. The maximum Gasteiger partial charge on any atom is 0.0660 e. The molecule has 4 rings (SSSR count). The highest BCUT2D eigenvalue weighted by Gasteiger charge is 2.21. The second-order valence-corrected chi connectivity index (χ2v) is 8.76. The number of piperidine rings is 1. The van der Waals surface area contributed by atoms with Gasteiger partial charge in [0, 0.05) is 34.3 Å². The highest BCUT2D eigenvalue weighted by atomic mass is 127. The van der Waals surface area contributed by atoms with Gasteiger partial charge in [0.05, 0.1) is 13.2 Å². The lowest BCUT2D eigenvalue weighted by molar-refractivity contribution is 0.0841. The number of benzene rings is 2. The summed E-state index contributed by atoms with van der Waals surface area (Å²) in [6.45, 7) is 2.95. The van der Waals surface area contributed by atoms with E-state index in [9.17, 15) is 5.11 Å². The number of aliphatic imine (C=N–C) groups is 1. The molecule has 2 N–H and O–H groups in total. The molecule has 1 unspecified atom stereocenters. The average Bonchev–Trinajstić information content (AvgIpc) is 2.73. The lowest BCUT2D eigenvalue weighted by atomic mass is 9.99. The lowest BCUT2D eigenvalue weighted by Crippen LogP contribution is -2.41. The Morgan fingerprint density at radius 1 is 1.18 bits per heavy atom. The molecule has 0 radical (unpaired) electrons. The second kappa shape index (κ2) is 9.20. The summed E-state index contributed by atoms with van der Waals surface area (Å²) >= 11 is 2.35. The van der Waals surface area contributed by atoms with Crippen LogP contribution in [0.2, 0.25) is 0 Å². The number of hydrogen-bond donors (Lipinski definition) is 2. The van der Waals surface area contributed by atoms with Gasteiger partial charge in [0.2, 0.25) is 0 Å². The van der Waals surface area contributed by atoms with Crippen LogP contribution in [0.4, 0.5) is 5.69 Å². The summed E-state index contributed by atoms with van der Waals surface area (Å²) in [6.07, 6.45) is 7.59. The van der Waals surface area contributed by atoms with Crippen LogP contribution < -0.4 is 5.32 Å². The Bertz CT molecular complexity index is 876. The van der Waals surface area contributed by atoms with Gasteiger partial charge < -0.3 is 10.4 Å². The molecule has 0 aliphatic carbocycles. The first-order valence-electron chi connectivity index (χ1n) is 9.92. The predicted octanol–water partition coefficient (Wildman–Crippen LogP) is 4.52. The molecule has 1 saturated heterocycles. The van der Waals surface area contributed by atoms with Crippen LogP contribution in [-0.2, 0) is 6.54 Å². The summed E-state index contributed by atoms with van der Waals surface area (Å²) < 4.78 is 1.24. The molecule has 5 heteroatoms. The molecule has 0 bridgehead atoms. The summed E-state index contributed by atoms with van der Waals surface area (Å²) in [6, 6.07) is 15.4. The third-order valence-electron chi connectivity index (χ3n) is 5.57. The third-order valence-corrected chi connectivity index (χ3v) is 6.24. The van der Waals surface area contributed by atoms with E-state index in [2.05, 4.69) is 86.5 Å². The van der Waals surface area contributed by atoms with Crippen molar-refractivity contribution in [2.24, 2.45) is 4.99 Å². The van der Waals surface area contributed by atoms with Gasteiger partial charge in [-0.1, -0.05) is 24.6 Å². The van der Waals surface area contributed by atoms with Crippen molar-refractivity contribution in [3.8, 4) is 0 Å². The van der Waals surface area contributed by atoms with Crippen molar-refractivity contribution in [2.75, 3.05) is 25.0 Å². The van der Waals surface area contributed by atoms with Crippen LogP contribution in [0.15, 0.2) is 53.7 Å². The molecular formula is C23H26IN3O. The monoisotopic (exact) mass is 487 g/mol. The Morgan fingerprint density at radius 2 is 2.04 bits per heavy atom. The van der Waals surface area contributed by atoms with Crippen molar-refractivity contribution in [1.29, 1.82) is 0 Å². The predicted molar refractivity (Wildman–Crippen MR) is 125 cm³/mol. The van der Waals surface area contributed by atoms with Gasteiger partial charge in [-0.05, 0) is 88.5 Å². The van der Waals surface area contributed by atoms with Crippen LogP contribution in [0.5, 0.6) is 0 Å². The number of hydrogen-bond acceptors (Lipinski definition) is 4. The SMILES string of the molecule is OCC1CCCCN1Cc1ccc(N/C=C2\CN=Cc3ccc(I)cc32)cc1. The number of likely N-dealkylation sites (tertiary alicyclic amines) is 1. The fourth-order valence-corrected chi connectivity index (χ4v) is 4.45. The molecule has 2 heterocycles. The molecule has 146 valence electrons. The summed E-state index contributed by atoms with van der Waals surface area (Å²) in [5.74, 6) is 0. The van der Waals surface area contributed by atoms with Crippen LogP contribution in [0.25, 0.3) is 5.57 Å². The highest BCUT2D eigenvalue weighted by molar-refractivity contribution is 14.1. The van der Waals surface area contributed by atoms with Crippen LogP contribution in [-0.4, -0.2) is 42.0 Å². The number of rotatable bonds is 5. The van der Waals surface area contributed by atoms with E-state index in [-0.39, 0.29) is 6.61 Å². The largest absolute Gasteiger partial charge is 0.395 e. The highest BCUT2D eigenvalue weighted by Crippen LogP contribution is 2.25. The van der Waals surface area contributed by atoms with Crippen molar-refractivity contribution in [3.05, 3.63) is 68.9 Å². The average molecular weight is 487 g/mol. The fraction of sp³-hybridized carbons (Fsp3) is 0.348. The number of anilines is 1. The quantitative estimate of drug-likeness (QED) is 0.610. The summed E-state index contributed by atoms with van der Waals surface area (Å²) in [5, 5.41) is 13.0. The zero-order valence-electron chi connectivity index (χ0n) is 15.9. The van der Waals surface area contributed by atoms with Crippen molar-refractivity contribution < 1.29 is 5.11 Å². The van der Waals surface area contributed by atoms with Gasteiger partial charge in [0.1, 0.15) is 0 Å². The van der Waals surface area contributed by atoms with E-state index in [0.717, 1.165) is 25.2 Å². The minimum absolute atomic E-state index is 0.260. The maximum absolute atomic E-state index is 9.60. The molecule has 4 nitrogen and oxygen atoms in total. The van der Waals surface area contributed by atoms with Crippen LogP contribution in [0.3, 0.4) is 0 Å². The van der Waals surface area contributed by atoms with Crippen LogP contribution in [0.1, 0.15) is 36.0 Å². The minimum Gasteiger partial charge on any atom is -0.395 e. The zero-order chi connectivity index (χ0) is 19.3. The molecule has 1 fully saturated rings. The molecule has 1 atom stereocenters. The Hall–Kier alpha value is -1.70. The van der Waals surface area contributed by atoms with E-state index in [1.807, 2.05) is 6.21 Å². The van der Waals surface area contributed by atoms with E-state index in [4.69, 9.17) is 0 Å². The summed E-state index contributed by atoms with van der Waals surface area (Å²) in [4.78, 5) is 6.88. The first kappa shape index (κ1) is 19.6. The van der Waals surface area contributed by atoms with Gasteiger partial charge in [-0.25, -0.2) is 0 Å². The Morgan fingerprint density at radius 3 is 2.86 bits per heavy atom. The van der Waals surface area contributed by atoms with E-state index in [0.29, 0.717) is 12.6 Å². The fourth-order valence-electron chi connectivity index (χ4n) is 3.96. The number of aliphatic hydroxyl groups excluding tert-OH is 1. The molecule has 28 heavy (non-hydrogen) atoms. The first-order chi connectivity index (χ1) is 13.7. The summed E-state index contributed by atoms with van der Waals surface area (Å²) in [7, 11) is 0. The first-order valence-corrected chi connectivity index (χ1v) is 11.0. The normalized spacial score (nSPS) is 20.9. The number of nitrogens with one attached hydrogen (secondary N) is 1. The molecule has 2 aromatic rings. The summed E-state index contributed by atoms with van der Waals surface area (Å²) in [5.41, 5.74) is 6.01. The smallest absolute Gasteiger partial charge is 0.0660 e. The molecule has 0 amide bonds. The zero-order valence-corrected chi connectivity index (χ0v) is 18.1. The van der Waals surface area contributed by atoms with E-state index >= 15 is 0 Å². The van der Waals surface area contributed by atoms with Crippen molar-refractivity contribution in [1.82, 2.24) is 4.90 Å². The molecule has 0 aromatic heterocycles. The van der Waals surface area contributed by atoms with Crippen molar-refractivity contribution >= 4 is 40.1 Å². The molecular weight excluding hydrogens is 461 g/mol. The number of fused-ring (bicyclic) bond motifs is 1. The number of halogens is 1. The van der Waals surface area contributed by atoms with Crippen LogP contribution >= 0.6 is 22.6 Å². The molecule has 0 spiro atoms. The third kappa shape index (κ3) is 4.64. The molecule has 2 aliphatic rings. The van der Waals surface area contributed by atoms with E-state index < -0.39 is 0 Å². The van der Waals surface area contributed by atoms with E-state index in [1.54, 1.807) is 0 Å². The lowest BCUT2D eigenvalue weighted by Gasteiger charge is -2.34. The molecule has 2 aliphatic heterocycles. The van der Waals surface area contributed by atoms with Gasteiger partial charge in [0.25, 0.3) is 0 Å². The van der Waals surface area contributed by atoms with E-state index in [1.165, 1.54) is 38.7 Å². The molecule has 0 saturated carbocycles. The van der Waals surface area contributed by atoms with Crippen molar-refractivity contribution in [3.63, 3.8) is 0 Å².